The first kappa shape index (κ1) is 11.1. The van der Waals surface area contributed by atoms with Crippen molar-refractivity contribution in [1.29, 1.82) is 0 Å². The molecule has 1 aromatic heterocycles. The molecule has 2 aromatic rings. The van der Waals surface area contributed by atoms with Crippen molar-refractivity contribution >= 4 is 48.9 Å². The second kappa shape index (κ2) is 5.09. The summed E-state index contributed by atoms with van der Waals surface area (Å²) < 4.78 is 2.11. The van der Waals surface area contributed by atoms with Crippen LogP contribution in [0.15, 0.2) is 38.0 Å². The van der Waals surface area contributed by atoms with E-state index in [1.807, 2.05) is 29.1 Å². The Morgan fingerprint density at radius 1 is 1.33 bits per heavy atom. The lowest BCUT2D eigenvalue weighted by Gasteiger charge is -2.07. The molecule has 1 aromatic carbocycles. The van der Waals surface area contributed by atoms with Gasteiger partial charge in [-0.1, -0.05) is 15.9 Å². The van der Waals surface area contributed by atoms with Gasteiger partial charge in [0.25, 0.3) is 0 Å². The Labute approximate surface area is 109 Å². The smallest absolute Gasteiger partial charge is 0.0795 e. The average Bonchev–Trinajstić information content (AvgIpc) is 2.69. The quantitative estimate of drug-likeness (QED) is 0.896. The first-order valence-corrected chi connectivity index (χ1v) is 6.84. The first-order chi connectivity index (χ1) is 7.25. The predicted molar refractivity (Wildman–Crippen MR) is 71.3 cm³/mol. The van der Waals surface area contributed by atoms with Gasteiger partial charge in [-0.25, -0.2) is 4.98 Å². The van der Waals surface area contributed by atoms with Crippen LogP contribution in [-0.2, 0) is 6.54 Å². The van der Waals surface area contributed by atoms with Crippen molar-refractivity contribution in [1.82, 2.24) is 4.98 Å². The molecule has 0 aliphatic rings. The van der Waals surface area contributed by atoms with Crippen molar-refractivity contribution < 1.29 is 0 Å². The van der Waals surface area contributed by atoms with E-state index in [2.05, 4.69) is 42.2 Å². The fourth-order valence-corrected chi connectivity index (χ4v) is 2.89. The molecule has 0 atom stereocenters. The lowest BCUT2D eigenvalue weighted by molar-refractivity contribution is 1.07. The zero-order valence-electron chi connectivity index (χ0n) is 7.71. The van der Waals surface area contributed by atoms with Gasteiger partial charge in [0.2, 0.25) is 0 Å². The summed E-state index contributed by atoms with van der Waals surface area (Å²) in [6, 6.07) is 6.05. The number of nitrogens with one attached hydrogen (secondary N) is 1. The normalized spacial score (nSPS) is 10.3. The van der Waals surface area contributed by atoms with Gasteiger partial charge in [-0.15, -0.1) is 11.3 Å². The van der Waals surface area contributed by atoms with E-state index in [9.17, 15) is 0 Å². The molecule has 0 aliphatic carbocycles. The summed E-state index contributed by atoms with van der Waals surface area (Å²) in [6.07, 6.45) is 0. The maximum atomic E-state index is 4.21. The molecular formula is C10H8Br2N2S. The molecule has 0 radical (unpaired) electrons. The van der Waals surface area contributed by atoms with Crippen LogP contribution in [-0.4, -0.2) is 4.98 Å². The van der Waals surface area contributed by atoms with E-state index in [1.54, 1.807) is 11.3 Å². The fourth-order valence-electron chi connectivity index (χ4n) is 1.14. The summed E-state index contributed by atoms with van der Waals surface area (Å²) in [6.45, 7) is 0.754. The van der Waals surface area contributed by atoms with E-state index in [4.69, 9.17) is 0 Å². The standard InChI is InChI=1S/C10H8Br2N2S/c11-7-1-2-10(9(12)3-7)13-4-8-5-15-6-14-8/h1-3,5-6,13H,4H2. The first-order valence-electron chi connectivity index (χ1n) is 4.31. The highest BCUT2D eigenvalue weighted by atomic mass is 79.9. The lowest BCUT2D eigenvalue weighted by atomic mass is 10.3. The zero-order valence-corrected chi connectivity index (χ0v) is 11.7. The second-order valence-electron chi connectivity index (χ2n) is 2.96. The van der Waals surface area contributed by atoms with Gasteiger partial charge in [0.1, 0.15) is 0 Å². The Morgan fingerprint density at radius 2 is 2.20 bits per heavy atom. The van der Waals surface area contributed by atoms with Crippen LogP contribution in [0, 0.1) is 0 Å². The molecular weight excluding hydrogens is 340 g/mol. The Balaban J connectivity index is 2.05. The Bertz CT molecular complexity index is 443. The number of anilines is 1. The van der Waals surface area contributed by atoms with Crippen LogP contribution in [0.4, 0.5) is 5.69 Å². The SMILES string of the molecule is Brc1ccc(NCc2cscn2)c(Br)c1. The molecule has 5 heteroatoms. The molecule has 0 fully saturated rings. The Hall–Kier alpha value is -0.390. The van der Waals surface area contributed by atoms with Crippen LogP contribution in [0.1, 0.15) is 5.69 Å². The number of aromatic nitrogens is 1. The summed E-state index contributed by atoms with van der Waals surface area (Å²) >= 11 is 8.53. The molecule has 0 saturated heterocycles. The molecule has 0 amide bonds. The Morgan fingerprint density at radius 3 is 2.87 bits per heavy atom. The summed E-state index contributed by atoms with van der Waals surface area (Å²) in [7, 11) is 0. The number of thiazole rings is 1. The number of hydrogen-bond acceptors (Lipinski definition) is 3. The number of rotatable bonds is 3. The molecule has 78 valence electrons. The van der Waals surface area contributed by atoms with Crippen molar-refractivity contribution in [2.24, 2.45) is 0 Å². The molecule has 0 saturated carbocycles. The average molecular weight is 348 g/mol. The van der Waals surface area contributed by atoms with Gasteiger partial charge < -0.3 is 5.32 Å². The Kier molecular flexibility index (Phi) is 3.77. The van der Waals surface area contributed by atoms with E-state index in [0.717, 1.165) is 26.9 Å². The molecule has 1 N–H and O–H groups in total. The highest BCUT2D eigenvalue weighted by Crippen LogP contribution is 2.26. The van der Waals surface area contributed by atoms with E-state index < -0.39 is 0 Å². The summed E-state index contributed by atoms with van der Waals surface area (Å²) in [5, 5.41) is 5.36. The third-order valence-corrected chi connectivity index (χ3v) is 3.66. The van der Waals surface area contributed by atoms with Gasteiger partial charge in [0.05, 0.1) is 17.7 Å². The van der Waals surface area contributed by atoms with Gasteiger partial charge in [0, 0.05) is 20.0 Å². The highest BCUT2D eigenvalue weighted by molar-refractivity contribution is 9.11. The van der Waals surface area contributed by atoms with Gasteiger partial charge in [0.15, 0.2) is 0 Å². The molecule has 1 heterocycles. The van der Waals surface area contributed by atoms with Crippen LogP contribution < -0.4 is 5.32 Å². The van der Waals surface area contributed by atoms with E-state index in [0.29, 0.717) is 0 Å². The number of hydrogen-bond donors (Lipinski definition) is 1. The third-order valence-electron chi connectivity index (χ3n) is 1.87. The molecule has 0 unspecified atom stereocenters. The maximum Gasteiger partial charge on any atom is 0.0795 e. The maximum absolute atomic E-state index is 4.21. The minimum absolute atomic E-state index is 0.754. The number of benzene rings is 1. The van der Waals surface area contributed by atoms with Crippen LogP contribution in [0.2, 0.25) is 0 Å². The van der Waals surface area contributed by atoms with Gasteiger partial charge in [-0.05, 0) is 34.1 Å². The number of nitrogens with zero attached hydrogens (tertiary/aromatic N) is 1. The molecule has 0 spiro atoms. The molecule has 2 rings (SSSR count). The van der Waals surface area contributed by atoms with Crippen LogP contribution in [0.25, 0.3) is 0 Å². The monoisotopic (exact) mass is 346 g/mol. The van der Waals surface area contributed by atoms with Gasteiger partial charge in [-0.2, -0.15) is 0 Å². The molecule has 15 heavy (non-hydrogen) atoms. The van der Waals surface area contributed by atoms with Crippen molar-refractivity contribution in [3.05, 3.63) is 43.7 Å². The number of halogens is 2. The van der Waals surface area contributed by atoms with Crippen molar-refractivity contribution in [3.8, 4) is 0 Å². The van der Waals surface area contributed by atoms with Crippen LogP contribution in [0.3, 0.4) is 0 Å². The van der Waals surface area contributed by atoms with Crippen LogP contribution >= 0.6 is 43.2 Å². The summed E-state index contributed by atoms with van der Waals surface area (Å²) in [5.74, 6) is 0. The topological polar surface area (TPSA) is 24.9 Å². The van der Waals surface area contributed by atoms with Crippen LogP contribution in [0.5, 0.6) is 0 Å². The second-order valence-corrected chi connectivity index (χ2v) is 5.45. The summed E-state index contributed by atoms with van der Waals surface area (Å²) in [4.78, 5) is 4.21. The minimum Gasteiger partial charge on any atom is -0.378 e. The van der Waals surface area contributed by atoms with Crippen molar-refractivity contribution in [3.63, 3.8) is 0 Å². The van der Waals surface area contributed by atoms with E-state index in [1.165, 1.54) is 0 Å². The highest BCUT2D eigenvalue weighted by Gasteiger charge is 2.00. The predicted octanol–water partition coefficient (Wildman–Crippen LogP) is 4.28. The van der Waals surface area contributed by atoms with Gasteiger partial charge >= 0.3 is 0 Å². The minimum atomic E-state index is 0.754. The zero-order chi connectivity index (χ0) is 10.7. The lowest BCUT2D eigenvalue weighted by Crippen LogP contribution is -1.99. The van der Waals surface area contributed by atoms with Gasteiger partial charge in [-0.3, -0.25) is 0 Å². The van der Waals surface area contributed by atoms with E-state index in [-0.39, 0.29) is 0 Å². The largest absolute Gasteiger partial charge is 0.378 e. The third kappa shape index (κ3) is 3.03. The van der Waals surface area contributed by atoms with Crippen molar-refractivity contribution in [2.45, 2.75) is 6.54 Å². The van der Waals surface area contributed by atoms with E-state index >= 15 is 0 Å². The fraction of sp³-hybridized carbons (Fsp3) is 0.100. The molecule has 0 aliphatic heterocycles. The van der Waals surface area contributed by atoms with Crippen molar-refractivity contribution in [2.75, 3.05) is 5.32 Å². The summed E-state index contributed by atoms with van der Waals surface area (Å²) in [5.41, 5.74) is 3.98. The molecule has 2 nitrogen and oxygen atoms in total. The molecule has 0 bridgehead atoms.